The second kappa shape index (κ2) is 5.51. The normalized spacial score (nSPS) is 19.8. The summed E-state index contributed by atoms with van der Waals surface area (Å²) in [6.45, 7) is 3.88. The van der Waals surface area contributed by atoms with Gasteiger partial charge >= 0.3 is 0 Å². The first-order valence-electron chi connectivity index (χ1n) is 7.63. The summed E-state index contributed by atoms with van der Waals surface area (Å²) in [5, 5.41) is 0.880. The third-order valence-corrected chi connectivity index (χ3v) is 5.60. The van der Waals surface area contributed by atoms with E-state index in [-0.39, 0.29) is 5.56 Å². The molecule has 1 saturated heterocycles. The Labute approximate surface area is 127 Å². The summed E-state index contributed by atoms with van der Waals surface area (Å²) in [5.41, 5.74) is 1.40. The molecule has 0 atom stereocenters. The summed E-state index contributed by atoms with van der Waals surface area (Å²) in [4.78, 5) is 21.9. The lowest BCUT2D eigenvalue weighted by atomic mass is 9.97. The van der Waals surface area contributed by atoms with Gasteiger partial charge in [-0.25, -0.2) is 4.98 Å². The van der Waals surface area contributed by atoms with Gasteiger partial charge in [-0.3, -0.25) is 14.3 Å². The minimum atomic E-state index is 0.130. The molecule has 0 aromatic carbocycles. The van der Waals surface area contributed by atoms with Crippen LogP contribution in [0.25, 0.3) is 10.2 Å². The topological polar surface area (TPSA) is 47.4 Å². The fourth-order valence-corrected chi connectivity index (χ4v) is 4.46. The van der Waals surface area contributed by atoms with E-state index in [1.807, 2.05) is 0 Å². The molecule has 4 rings (SSSR count). The first-order valence-corrected chi connectivity index (χ1v) is 8.44. The van der Waals surface area contributed by atoms with Crippen LogP contribution in [0.3, 0.4) is 0 Å². The summed E-state index contributed by atoms with van der Waals surface area (Å²) in [5.74, 6) is 0. The van der Waals surface area contributed by atoms with Crippen LogP contribution in [0, 0.1) is 0 Å². The number of fused-ring (bicyclic) bond motifs is 3. The van der Waals surface area contributed by atoms with Gasteiger partial charge in [0.25, 0.3) is 5.56 Å². The predicted molar refractivity (Wildman–Crippen MR) is 82.9 cm³/mol. The number of hydrogen-bond donors (Lipinski definition) is 0. The van der Waals surface area contributed by atoms with Crippen molar-refractivity contribution < 1.29 is 4.74 Å². The highest BCUT2D eigenvalue weighted by molar-refractivity contribution is 7.18. The third-order valence-electron chi connectivity index (χ3n) is 4.40. The maximum absolute atomic E-state index is 12.8. The molecule has 1 aliphatic heterocycles. The molecule has 0 N–H and O–H groups in total. The van der Waals surface area contributed by atoms with Gasteiger partial charge in [0.1, 0.15) is 11.2 Å². The van der Waals surface area contributed by atoms with E-state index in [0.29, 0.717) is 6.67 Å². The van der Waals surface area contributed by atoms with Gasteiger partial charge in [0.15, 0.2) is 0 Å². The fraction of sp³-hybridized carbons (Fsp3) is 0.600. The van der Waals surface area contributed by atoms with Crippen molar-refractivity contribution in [2.75, 3.05) is 26.3 Å². The number of thiophene rings is 1. The number of nitrogens with zero attached hydrogens (tertiary/aromatic N) is 3. The molecule has 0 spiro atoms. The number of hydrogen-bond acceptors (Lipinski definition) is 5. The minimum absolute atomic E-state index is 0.130. The maximum atomic E-state index is 12.8. The molecule has 21 heavy (non-hydrogen) atoms. The van der Waals surface area contributed by atoms with Gasteiger partial charge < -0.3 is 4.74 Å². The smallest absolute Gasteiger partial charge is 0.263 e. The van der Waals surface area contributed by atoms with Gasteiger partial charge in [0, 0.05) is 18.0 Å². The van der Waals surface area contributed by atoms with E-state index in [4.69, 9.17) is 4.74 Å². The molecular formula is C15H19N3O2S. The Hall–Kier alpha value is -1.24. The Morgan fingerprint density at radius 1 is 1.24 bits per heavy atom. The van der Waals surface area contributed by atoms with E-state index in [1.54, 1.807) is 22.2 Å². The van der Waals surface area contributed by atoms with Crippen molar-refractivity contribution in [1.82, 2.24) is 14.5 Å². The number of ether oxygens (including phenoxy) is 1. The van der Waals surface area contributed by atoms with Crippen LogP contribution >= 0.6 is 11.3 Å². The molecule has 0 bridgehead atoms. The molecule has 1 aliphatic carbocycles. The molecule has 0 amide bonds. The van der Waals surface area contributed by atoms with Crippen molar-refractivity contribution in [1.29, 1.82) is 0 Å². The quantitative estimate of drug-likeness (QED) is 0.846. The van der Waals surface area contributed by atoms with Gasteiger partial charge in [-0.2, -0.15) is 0 Å². The molecule has 2 aromatic rings. The number of rotatable bonds is 2. The first kappa shape index (κ1) is 13.4. The lowest BCUT2D eigenvalue weighted by molar-refractivity contribution is 0.0228. The molecule has 2 aliphatic rings. The third kappa shape index (κ3) is 2.41. The zero-order valence-corrected chi connectivity index (χ0v) is 12.8. The van der Waals surface area contributed by atoms with Crippen LogP contribution in [0.15, 0.2) is 11.1 Å². The highest BCUT2D eigenvalue weighted by Crippen LogP contribution is 2.33. The van der Waals surface area contributed by atoms with Gasteiger partial charge in [0.05, 0.1) is 25.3 Å². The van der Waals surface area contributed by atoms with Crippen LogP contribution in [-0.4, -0.2) is 40.8 Å². The lowest BCUT2D eigenvalue weighted by Gasteiger charge is -2.26. The number of aromatic nitrogens is 2. The fourth-order valence-electron chi connectivity index (χ4n) is 3.24. The maximum Gasteiger partial charge on any atom is 0.263 e. The van der Waals surface area contributed by atoms with Crippen molar-refractivity contribution >= 4 is 21.6 Å². The molecule has 2 aromatic heterocycles. The minimum Gasteiger partial charge on any atom is -0.379 e. The Balaban J connectivity index is 1.73. The van der Waals surface area contributed by atoms with Crippen LogP contribution < -0.4 is 5.56 Å². The molecule has 5 nitrogen and oxygen atoms in total. The molecule has 6 heteroatoms. The standard InChI is InChI=1S/C15H19N3O2S/c19-15-13-11-3-1-2-4-12(11)21-14(13)16-9-18(15)10-17-5-7-20-8-6-17/h9H,1-8,10H2. The highest BCUT2D eigenvalue weighted by atomic mass is 32.1. The molecule has 1 fully saturated rings. The van der Waals surface area contributed by atoms with Crippen LogP contribution in [0.5, 0.6) is 0 Å². The van der Waals surface area contributed by atoms with Gasteiger partial charge in [-0.15, -0.1) is 11.3 Å². The van der Waals surface area contributed by atoms with Crippen LogP contribution in [0.1, 0.15) is 23.3 Å². The SMILES string of the molecule is O=c1c2c3c(sc2ncn1CN1CCOCC1)CCCC3. The predicted octanol–water partition coefficient (Wildman–Crippen LogP) is 1.63. The summed E-state index contributed by atoms with van der Waals surface area (Å²) < 4.78 is 7.12. The largest absolute Gasteiger partial charge is 0.379 e. The average molecular weight is 305 g/mol. The van der Waals surface area contributed by atoms with Gasteiger partial charge in [-0.05, 0) is 31.2 Å². The molecular weight excluding hydrogens is 286 g/mol. The summed E-state index contributed by atoms with van der Waals surface area (Å²) in [7, 11) is 0. The van der Waals surface area contributed by atoms with E-state index in [9.17, 15) is 4.79 Å². The molecule has 0 unspecified atom stereocenters. The van der Waals surface area contributed by atoms with Crippen LogP contribution in [-0.2, 0) is 24.2 Å². The summed E-state index contributed by atoms with van der Waals surface area (Å²) in [6.07, 6.45) is 6.29. The Morgan fingerprint density at radius 2 is 2.05 bits per heavy atom. The second-order valence-corrected chi connectivity index (χ2v) is 6.87. The van der Waals surface area contributed by atoms with Crippen LogP contribution in [0.4, 0.5) is 0 Å². The van der Waals surface area contributed by atoms with Crippen molar-refractivity contribution in [3.63, 3.8) is 0 Å². The molecule has 0 saturated carbocycles. The summed E-state index contributed by atoms with van der Waals surface area (Å²) in [6, 6.07) is 0. The van der Waals surface area contributed by atoms with E-state index in [1.165, 1.54) is 23.3 Å². The van der Waals surface area contributed by atoms with E-state index in [2.05, 4.69) is 9.88 Å². The number of morpholine rings is 1. The zero-order valence-electron chi connectivity index (χ0n) is 12.0. The van der Waals surface area contributed by atoms with E-state index in [0.717, 1.165) is 49.4 Å². The van der Waals surface area contributed by atoms with E-state index < -0.39 is 0 Å². The molecule has 3 heterocycles. The summed E-state index contributed by atoms with van der Waals surface area (Å²) >= 11 is 1.71. The number of aryl methyl sites for hydroxylation is 2. The average Bonchev–Trinajstić information content (AvgIpc) is 2.90. The van der Waals surface area contributed by atoms with Crippen molar-refractivity contribution in [2.24, 2.45) is 0 Å². The van der Waals surface area contributed by atoms with Crippen LogP contribution in [0.2, 0.25) is 0 Å². The van der Waals surface area contributed by atoms with E-state index >= 15 is 0 Å². The Kier molecular flexibility index (Phi) is 3.52. The molecule has 0 radical (unpaired) electrons. The van der Waals surface area contributed by atoms with Crippen molar-refractivity contribution in [3.8, 4) is 0 Å². The Bertz CT molecular complexity index is 716. The second-order valence-electron chi connectivity index (χ2n) is 5.78. The highest BCUT2D eigenvalue weighted by Gasteiger charge is 2.20. The monoisotopic (exact) mass is 305 g/mol. The van der Waals surface area contributed by atoms with Gasteiger partial charge in [0.2, 0.25) is 0 Å². The van der Waals surface area contributed by atoms with Crippen molar-refractivity contribution in [2.45, 2.75) is 32.4 Å². The molecule has 112 valence electrons. The zero-order chi connectivity index (χ0) is 14.2. The van der Waals surface area contributed by atoms with Gasteiger partial charge in [-0.1, -0.05) is 0 Å². The first-order chi connectivity index (χ1) is 10.3. The van der Waals surface area contributed by atoms with Crippen molar-refractivity contribution in [3.05, 3.63) is 27.1 Å². The Morgan fingerprint density at radius 3 is 2.90 bits per heavy atom. The lowest BCUT2D eigenvalue weighted by Crippen LogP contribution is -2.40.